The molecule has 0 aromatic heterocycles. The molecule has 0 aliphatic rings. The molecule has 0 spiro atoms. The first-order valence-electron chi connectivity index (χ1n) is 4.22. The number of rotatable bonds is 7. The number of aliphatic hydroxyl groups is 5. The third-order valence-corrected chi connectivity index (χ3v) is 2.22. The Morgan fingerprint density at radius 3 is 1.76 bits per heavy atom. The van der Waals surface area contributed by atoms with Crippen molar-refractivity contribution in [2.75, 3.05) is 13.2 Å². The second kappa shape index (κ2) is 9.40. The SMILES string of the molecule is O=P(O)(O)OC[C@H](O)[C@H](O)[C@@H](O)[C@H](O)CO.[Ba+2]. The minimum absolute atomic E-state index is 0. The smallest absolute Gasteiger partial charge is 0.394 e. The zero-order valence-corrected chi connectivity index (χ0v) is 14.2. The first-order chi connectivity index (χ1) is 7.19. The second-order valence-corrected chi connectivity index (χ2v) is 4.32. The van der Waals surface area contributed by atoms with Gasteiger partial charge in [-0.2, -0.15) is 0 Å². The molecule has 0 fully saturated rings. The number of hydrogen-bond acceptors (Lipinski definition) is 7. The number of phosphoric acid groups is 1. The van der Waals surface area contributed by atoms with Crippen LogP contribution >= 0.6 is 7.82 Å². The molecule has 0 saturated heterocycles. The van der Waals surface area contributed by atoms with Gasteiger partial charge in [-0.3, -0.25) is 4.52 Å². The molecule has 0 radical (unpaired) electrons. The number of hydrogen-bond donors (Lipinski definition) is 7. The molecule has 7 N–H and O–H groups in total. The molecule has 98 valence electrons. The molecule has 11 heteroatoms. The van der Waals surface area contributed by atoms with E-state index < -0.39 is 45.5 Å². The minimum Gasteiger partial charge on any atom is -0.394 e. The van der Waals surface area contributed by atoms with Crippen molar-refractivity contribution in [1.29, 1.82) is 0 Å². The summed E-state index contributed by atoms with van der Waals surface area (Å²) in [6.07, 6.45) is -7.27. The van der Waals surface area contributed by atoms with Crippen molar-refractivity contribution >= 4 is 56.7 Å². The van der Waals surface area contributed by atoms with E-state index in [-0.39, 0.29) is 48.9 Å². The van der Waals surface area contributed by atoms with E-state index in [2.05, 4.69) is 4.52 Å². The maximum absolute atomic E-state index is 10.2. The maximum atomic E-state index is 10.2. The van der Waals surface area contributed by atoms with Gasteiger partial charge in [-0.25, -0.2) is 4.57 Å². The average Bonchev–Trinajstić information content (AvgIpc) is 2.21. The first kappa shape index (κ1) is 20.8. The molecule has 0 aliphatic carbocycles. The molecule has 0 aliphatic heterocycles. The third-order valence-electron chi connectivity index (χ3n) is 1.74. The van der Waals surface area contributed by atoms with Crippen LogP contribution in [0.3, 0.4) is 0 Å². The van der Waals surface area contributed by atoms with E-state index in [1.165, 1.54) is 0 Å². The summed E-state index contributed by atoms with van der Waals surface area (Å²) in [5.74, 6) is 0. The Morgan fingerprint density at radius 1 is 1.00 bits per heavy atom. The van der Waals surface area contributed by atoms with Gasteiger partial charge in [-0.1, -0.05) is 0 Å². The van der Waals surface area contributed by atoms with Crippen molar-refractivity contribution in [2.45, 2.75) is 24.4 Å². The molecule has 4 atom stereocenters. The minimum atomic E-state index is -4.78. The van der Waals surface area contributed by atoms with Crippen LogP contribution in [0.5, 0.6) is 0 Å². The van der Waals surface area contributed by atoms with Crippen LogP contribution in [0.2, 0.25) is 0 Å². The van der Waals surface area contributed by atoms with E-state index >= 15 is 0 Å². The first-order valence-corrected chi connectivity index (χ1v) is 5.75. The molecular formula is C6H15BaO9P+2. The van der Waals surface area contributed by atoms with Gasteiger partial charge in [0.1, 0.15) is 24.4 Å². The third kappa shape index (κ3) is 9.08. The summed E-state index contributed by atoms with van der Waals surface area (Å²) in [6.45, 7) is -1.77. The molecule has 0 unspecified atom stereocenters. The van der Waals surface area contributed by atoms with Gasteiger partial charge in [0.15, 0.2) is 0 Å². The van der Waals surface area contributed by atoms with E-state index in [1.807, 2.05) is 0 Å². The number of phosphoric ester groups is 1. The van der Waals surface area contributed by atoms with E-state index in [4.69, 9.17) is 30.2 Å². The Bertz CT molecular complexity index is 246. The standard InChI is InChI=1S/C6H15O9P.Ba/c7-1-3(8)5(10)6(11)4(9)2-15-16(12,13)14;/h3-11H,1-2H2,(H2,12,13,14);/q;+2/t3-,4+,5+,6+;/m1./s1. The van der Waals surface area contributed by atoms with Gasteiger partial charge in [0.05, 0.1) is 13.2 Å². The molecule has 0 bridgehead atoms. The monoisotopic (exact) mass is 400 g/mol. The van der Waals surface area contributed by atoms with Crippen LogP contribution in [-0.2, 0) is 9.09 Å². The van der Waals surface area contributed by atoms with Crippen molar-refractivity contribution in [1.82, 2.24) is 0 Å². The Balaban J connectivity index is 0. The quantitative estimate of drug-likeness (QED) is 0.167. The van der Waals surface area contributed by atoms with Gasteiger partial charge in [0.2, 0.25) is 0 Å². The summed E-state index contributed by atoms with van der Waals surface area (Å²) in [5.41, 5.74) is 0. The molecule has 0 heterocycles. The molecule has 0 aromatic carbocycles. The molecule has 9 nitrogen and oxygen atoms in total. The fourth-order valence-electron chi connectivity index (χ4n) is 0.835. The van der Waals surface area contributed by atoms with Gasteiger partial charge in [0, 0.05) is 0 Å². The number of aliphatic hydroxyl groups excluding tert-OH is 5. The zero-order valence-electron chi connectivity index (χ0n) is 8.82. The summed E-state index contributed by atoms with van der Waals surface area (Å²) in [4.78, 5) is 16.6. The van der Waals surface area contributed by atoms with E-state index in [1.54, 1.807) is 0 Å². The van der Waals surface area contributed by atoms with Crippen molar-refractivity contribution in [3.8, 4) is 0 Å². The topological polar surface area (TPSA) is 168 Å². The Morgan fingerprint density at radius 2 is 1.41 bits per heavy atom. The van der Waals surface area contributed by atoms with Crippen LogP contribution in [-0.4, -0.2) is 122 Å². The zero-order chi connectivity index (χ0) is 12.9. The Hall–Kier alpha value is 1.48. The Kier molecular flexibility index (Phi) is 11.5. The molecule has 0 saturated carbocycles. The largest absolute Gasteiger partial charge is 2.00 e. The van der Waals surface area contributed by atoms with Crippen LogP contribution in [0.25, 0.3) is 0 Å². The van der Waals surface area contributed by atoms with Gasteiger partial charge in [0.25, 0.3) is 0 Å². The van der Waals surface area contributed by atoms with Crippen molar-refractivity contribution in [2.24, 2.45) is 0 Å². The average molecular weight is 399 g/mol. The van der Waals surface area contributed by atoms with E-state index in [9.17, 15) is 9.67 Å². The van der Waals surface area contributed by atoms with E-state index in [0.717, 1.165) is 0 Å². The second-order valence-electron chi connectivity index (χ2n) is 3.08. The normalized spacial score (nSPS) is 19.0. The predicted molar refractivity (Wildman–Crippen MR) is 54.9 cm³/mol. The van der Waals surface area contributed by atoms with Crippen molar-refractivity contribution in [3.05, 3.63) is 0 Å². The summed E-state index contributed by atoms with van der Waals surface area (Å²) in [5, 5.41) is 44.8. The van der Waals surface area contributed by atoms with Gasteiger partial charge < -0.3 is 35.3 Å². The molecule has 0 aromatic rings. The van der Waals surface area contributed by atoms with Gasteiger partial charge in [-0.05, 0) is 0 Å². The summed E-state index contributed by atoms with van der Waals surface area (Å²) >= 11 is 0. The van der Waals surface area contributed by atoms with Crippen LogP contribution < -0.4 is 0 Å². The van der Waals surface area contributed by atoms with Gasteiger partial charge >= 0.3 is 56.7 Å². The molecule has 17 heavy (non-hydrogen) atoms. The van der Waals surface area contributed by atoms with Crippen molar-refractivity contribution < 1.29 is 44.4 Å². The van der Waals surface area contributed by atoms with Gasteiger partial charge in [-0.15, -0.1) is 0 Å². The van der Waals surface area contributed by atoms with E-state index in [0.29, 0.717) is 0 Å². The van der Waals surface area contributed by atoms with Crippen LogP contribution in [0.1, 0.15) is 0 Å². The predicted octanol–water partition coefficient (Wildman–Crippen LogP) is -3.85. The summed E-state index contributed by atoms with van der Waals surface area (Å²) in [6, 6.07) is 0. The van der Waals surface area contributed by atoms with Crippen LogP contribution in [0, 0.1) is 0 Å². The summed E-state index contributed by atoms with van der Waals surface area (Å²) in [7, 11) is -4.78. The van der Waals surface area contributed by atoms with Crippen LogP contribution in [0.4, 0.5) is 0 Å². The van der Waals surface area contributed by atoms with Crippen LogP contribution in [0.15, 0.2) is 0 Å². The molecular weight excluding hydrogens is 384 g/mol. The fourth-order valence-corrected chi connectivity index (χ4v) is 1.18. The fraction of sp³-hybridized carbons (Fsp3) is 1.00. The summed E-state index contributed by atoms with van der Waals surface area (Å²) < 4.78 is 14.1. The van der Waals surface area contributed by atoms with Crippen molar-refractivity contribution in [3.63, 3.8) is 0 Å². The Labute approximate surface area is 137 Å². The molecule has 0 rings (SSSR count). The maximum Gasteiger partial charge on any atom is 2.00 e. The molecule has 0 amide bonds.